The van der Waals surface area contributed by atoms with Gasteiger partial charge >= 0.3 is 0 Å². The number of aryl methyl sites for hydroxylation is 1. The Kier molecular flexibility index (Phi) is 8.26. The molecule has 0 saturated heterocycles. The summed E-state index contributed by atoms with van der Waals surface area (Å²) in [6.45, 7) is -0.875. The van der Waals surface area contributed by atoms with E-state index in [-0.39, 0.29) is 51.5 Å². The molecule has 2 aliphatic carbocycles. The number of pyridine rings is 1. The third-order valence-corrected chi connectivity index (χ3v) is 11.0. The fourth-order valence-electron chi connectivity index (χ4n) is 7.27. The van der Waals surface area contributed by atoms with Crippen LogP contribution in [0.5, 0.6) is 0 Å². The quantitative estimate of drug-likeness (QED) is 0.143. The van der Waals surface area contributed by atoms with Gasteiger partial charge in [0.1, 0.15) is 29.6 Å². The summed E-state index contributed by atoms with van der Waals surface area (Å²) in [5.74, 6) is -8.19. The van der Waals surface area contributed by atoms with Gasteiger partial charge in [0, 0.05) is 35.7 Å². The van der Waals surface area contributed by atoms with E-state index >= 15 is 8.78 Å². The highest BCUT2D eigenvalue weighted by Gasteiger charge is 2.67. The first-order valence-corrected chi connectivity index (χ1v) is 19.0. The minimum absolute atomic E-state index is 0.0395. The molecule has 4 aromatic heterocycles. The zero-order chi connectivity index (χ0) is 37.7. The molecule has 2 aromatic carbocycles. The molecular formula is C33H25ClF6N8O3S2. The van der Waals surface area contributed by atoms with Crippen LogP contribution in [0.2, 0.25) is 5.02 Å². The van der Waals surface area contributed by atoms with Crippen LogP contribution in [0, 0.1) is 17.6 Å². The number of carbonyl (C=O) groups excluding carboxylic acids is 1. The molecule has 2 aliphatic rings. The predicted octanol–water partition coefficient (Wildman–Crippen LogP) is 6.99. The Hall–Kier alpha value is -4.75. The van der Waals surface area contributed by atoms with Crippen molar-refractivity contribution in [1.82, 2.24) is 34.8 Å². The third kappa shape index (κ3) is 6.17. The van der Waals surface area contributed by atoms with Crippen LogP contribution in [0.1, 0.15) is 53.0 Å². The number of hydrogen-bond donors (Lipinski definition) is 2. The summed E-state index contributed by atoms with van der Waals surface area (Å²) < 4.78 is 117. The molecule has 3 atom stereocenters. The van der Waals surface area contributed by atoms with Crippen LogP contribution in [-0.4, -0.2) is 50.1 Å². The SMILES string of the molecule is Cn1nc(NS(C)(=O)=O)c2c(Cl)ccc(-c3cc4scnc4nc3[C@H](Cc3cc(F)cc(F)c3)NC(=O)Cn3nc(C(F)F)c4c3C(F)(F)[C@@H]3C[C@H]43)c21. The summed E-state index contributed by atoms with van der Waals surface area (Å²) in [6.07, 6.45) is -2.44. The first-order valence-electron chi connectivity index (χ1n) is 15.9. The van der Waals surface area contributed by atoms with E-state index in [1.54, 1.807) is 19.2 Å². The van der Waals surface area contributed by atoms with Crippen molar-refractivity contribution in [2.45, 2.75) is 43.7 Å². The summed E-state index contributed by atoms with van der Waals surface area (Å²) in [7, 11) is -2.24. The maximum atomic E-state index is 15.3. The number of thiazole rings is 1. The van der Waals surface area contributed by atoms with Crippen molar-refractivity contribution in [2.75, 3.05) is 11.0 Å². The summed E-state index contributed by atoms with van der Waals surface area (Å²) in [5.41, 5.74) is 1.34. The van der Waals surface area contributed by atoms with Gasteiger partial charge in [-0.1, -0.05) is 17.7 Å². The molecular weight excluding hydrogens is 770 g/mol. The van der Waals surface area contributed by atoms with E-state index in [2.05, 4.69) is 25.2 Å². The minimum atomic E-state index is -3.80. The van der Waals surface area contributed by atoms with Crippen molar-refractivity contribution in [2.24, 2.45) is 13.0 Å². The monoisotopic (exact) mass is 794 g/mol. The maximum absolute atomic E-state index is 15.3. The largest absolute Gasteiger partial charge is 0.346 e. The Bertz CT molecular complexity index is 2590. The van der Waals surface area contributed by atoms with Crippen LogP contribution >= 0.6 is 22.9 Å². The topological polar surface area (TPSA) is 137 Å². The lowest BCUT2D eigenvalue weighted by Crippen LogP contribution is -2.35. The van der Waals surface area contributed by atoms with Crippen molar-refractivity contribution in [3.05, 3.63) is 86.8 Å². The highest BCUT2D eigenvalue weighted by atomic mass is 35.5. The van der Waals surface area contributed by atoms with E-state index < -0.39 is 75.7 Å². The lowest BCUT2D eigenvalue weighted by atomic mass is 9.94. The van der Waals surface area contributed by atoms with Crippen LogP contribution in [0.25, 0.3) is 32.4 Å². The zero-order valence-corrected chi connectivity index (χ0v) is 29.7. The molecule has 0 aliphatic heterocycles. The van der Waals surface area contributed by atoms with E-state index in [1.165, 1.54) is 27.6 Å². The van der Waals surface area contributed by atoms with Crippen LogP contribution in [0.4, 0.5) is 32.2 Å². The van der Waals surface area contributed by atoms with E-state index in [4.69, 9.17) is 16.6 Å². The number of benzene rings is 2. The number of aromatic nitrogens is 6. The highest BCUT2D eigenvalue weighted by molar-refractivity contribution is 7.92. The van der Waals surface area contributed by atoms with Gasteiger partial charge in [-0.05, 0) is 48.6 Å². The predicted molar refractivity (Wildman–Crippen MR) is 183 cm³/mol. The number of fused-ring (bicyclic) bond motifs is 5. The number of nitrogens with one attached hydrogen (secondary N) is 2. The van der Waals surface area contributed by atoms with Crippen molar-refractivity contribution >= 4 is 65.9 Å². The summed E-state index contributed by atoms with van der Waals surface area (Å²) in [5, 5.41) is 11.2. The van der Waals surface area contributed by atoms with Gasteiger partial charge in [0.25, 0.3) is 12.3 Å². The number of hydrogen-bond acceptors (Lipinski definition) is 8. The second-order valence-corrected chi connectivity index (χ2v) is 16.1. The molecule has 4 heterocycles. The molecule has 6 aromatic rings. The van der Waals surface area contributed by atoms with Crippen molar-refractivity contribution in [3.63, 3.8) is 0 Å². The third-order valence-electron chi connectivity index (χ3n) is 9.35. The number of amides is 1. The number of halogens is 7. The van der Waals surface area contributed by atoms with Gasteiger partial charge in [-0.3, -0.25) is 18.9 Å². The lowest BCUT2D eigenvalue weighted by Gasteiger charge is -2.23. The molecule has 0 unspecified atom stereocenters. The fourth-order valence-corrected chi connectivity index (χ4v) is 8.66. The Morgan fingerprint density at radius 2 is 1.83 bits per heavy atom. The normalized spacial score (nSPS) is 18.1. The molecule has 11 nitrogen and oxygen atoms in total. The Morgan fingerprint density at radius 1 is 1.09 bits per heavy atom. The number of sulfonamides is 1. The van der Waals surface area contributed by atoms with Crippen LogP contribution in [0.15, 0.2) is 41.9 Å². The van der Waals surface area contributed by atoms with Crippen molar-refractivity contribution in [3.8, 4) is 11.1 Å². The van der Waals surface area contributed by atoms with Gasteiger partial charge in [0.15, 0.2) is 11.5 Å². The Balaban J connectivity index is 1.26. The van der Waals surface area contributed by atoms with Crippen molar-refractivity contribution < 1.29 is 39.6 Å². The molecule has 53 heavy (non-hydrogen) atoms. The van der Waals surface area contributed by atoms with Gasteiger partial charge < -0.3 is 5.32 Å². The molecule has 1 fully saturated rings. The standard InChI is InChI=1S/C33H25ClF6N8O3S2/c1-47-28-16(3-4-20(34)25(28)32(45-47)46-53(2,50)51)17-10-22-31(41-12-52-22)43-26(17)21(7-13-5-14(35)8-15(36)6-13)42-23(49)11-48-29-24(27(44-48)30(37)38)18-9-19(18)33(29,39)40/h3-6,8,10,12,18-19,21,30H,7,9,11H2,1-2H3,(H,42,49)(H,45,46)/t18-,19+,21-/m0/s1. The fraction of sp³-hybridized carbons (Fsp3) is 0.303. The number of anilines is 1. The number of nitrogens with zero attached hydrogens (tertiary/aromatic N) is 6. The number of carbonyl (C=O) groups is 1. The molecule has 0 bridgehead atoms. The summed E-state index contributed by atoms with van der Waals surface area (Å²) >= 11 is 7.81. The lowest BCUT2D eigenvalue weighted by molar-refractivity contribution is -0.123. The average Bonchev–Trinajstić information content (AvgIpc) is 3.28. The van der Waals surface area contributed by atoms with Crippen molar-refractivity contribution in [1.29, 1.82) is 0 Å². The molecule has 1 amide bonds. The minimum Gasteiger partial charge on any atom is -0.346 e. The average molecular weight is 795 g/mol. The Labute approximate surface area is 305 Å². The summed E-state index contributed by atoms with van der Waals surface area (Å²) in [6, 6.07) is 6.38. The van der Waals surface area contributed by atoms with E-state index in [9.17, 15) is 30.8 Å². The van der Waals surface area contributed by atoms with Gasteiger partial charge in [-0.2, -0.15) is 19.0 Å². The summed E-state index contributed by atoms with van der Waals surface area (Å²) in [4.78, 5) is 22.9. The van der Waals surface area contributed by atoms with E-state index in [0.29, 0.717) is 32.1 Å². The molecule has 2 N–H and O–H groups in total. The maximum Gasteiger partial charge on any atom is 0.293 e. The van der Waals surface area contributed by atoms with Gasteiger partial charge in [-0.15, -0.1) is 11.3 Å². The second-order valence-electron chi connectivity index (χ2n) is 13.0. The first-order chi connectivity index (χ1) is 25.0. The molecule has 8 rings (SSSR count). The Morgan fingerprint density at radius 3 is 2.53 bits per heavy atom. The van der Waals surface area contributed by atoms with Gasteiger partial charge in [0.05, 0.1) is 44.1 Å². The van der Waals surface area contributed by atoms with Gasteiger partial charge in [-0.25, -0.2) is 35.9 Å². The second kappa shape index (κ2) is 12.4. The molecule has 0 spiro atoms. The highest BCUT2D eigenvalue weighted by Crippen LogP contribution is 2.68. The van der Waals surface area contributed by atoms with Crippen LogP contribution < -0.4 is 10.0 Å². The molecule has 20 heteroatoms. The zero-order valence-electron chi connectivity index (χ0n) is 27.3. The van der Waals surface area contributed by atoms with Gasteiger partial charge in [0.2, 0.25) is 15.9 Å². The van der Waals surface area contributed by atoms with Crippen LogP contribution in [-0.2, 0) is 40.8 Å². The van der Waals surface area contributed by atoms with Crippen LogP contribution in [0.3, 0.4) is 0 Å². The first kappa shape index (κ1) is 35.3. The number of alkyl halides is 4. The molecule has 0 radical (unpaired) electrons. The molecule has 1 saturated carbocycles. The molecule has 276 valence electrons. The van der Waals surface area contributed by atoms with E-state index in [1.807, 2.05) is 0 Å². The van der Waals surface area contributed by atoms with E-state index in [0.717, 1.165) is 18.4 Å². The number of rotatable bonds is 10. The smallest absolute Gasteiger partial charge is 0.293 e.